The second kappa shape index (κ2) is 7.74. The highest BCUT2D eigenvalue weighted by Crippen LogP contribution is 2.33. The van der Waals surface area contributed by atoms with Crippen LogP contribution >= 0.6 is 0 Å². The standard InChI is InChI=1S/C23H23N5O2/c29-22(19-9-4-5-11-24-19)26-13-14-28-18(16-26)15-20(25-28)23(30)27-12-6-10-21(27)17-7-2-1-3-8-17/h1-5,7-9,11,15,21H,6,10,12-14,16H2. The molecule has 0 radical (unpaired) electrons. The smallest absolute Gasteiger partial charge is 0.274 e. The molecule has 0 bridgehead atoms. The Labute approximate surface area is 174 Å². The Kier molecular flexibility index (Phi) is 4.78. The first kappa shape index (κ1) is 18.5. The normalized spacial score (nSPS) is 18.3. The maximum Gasteiger partial charge on any atom is 0.274 e. The molecule has 4 heterocycles. The predicted octanol–water partition coefficient (Wildman–Crippen LogP) is 2.91. The van der Waals surface area contributed by atoms with Crippen molar-refractivity contribution < 1.29 is 9.59 Å². The number of carbonyl (C=O) groups excluding carboxylic acids is 2. The summed E-state index contributed by atoms with van der Waals surface area (Å²) in [6.07, 6.45) is 3.58. The third kappa shape index (κ3) is 3.36. The lowest BCUT2D eigenvalue weighted by molar-refractivity contribution is 0.0694. The molecule has 0 spiro atoms. The molecule has 2 aromatic heterocycles. The molecule has 30 heavy (non-hydrogen) atoms. The van der Waals surface area contributed by atoms with Crippen molar-refractivity contribution in [3.05, 3.63) is 83.4 Å². The summed E-state index contributed by atoms with van der Waals surface area (Å²) in [6, 6.07) is 17.4. The third-order valence-electron chi connectivity index (χ3n) is 5.89. The lowest BCUT2D eigenvalue weighted by Crippen LogP contribution is -2.38. The maximum absolute atomic E-state index is 13.2. The van der Waals surface area contributed by atoms with Crippen LogP contribution in [0.2, 0.25) is 0 Å². The van der Waals surface area contributed by atoms with Gasteiger partial charge in [0.2, 0.25) is 0 Å². The minimum Gasteiger partial charge on any atom is -0.330 e. The van der Waals surface area contributed by atoms with Crippen LogP contribution in [-0.2, 0) is 13.1 Å². The van der Waals surface area contributed by atoms with Gasteiger partial charge >= 0.3 is 0 Å². The third-order valence-corrected chi connectivity index (χ3v) is 5.89. The topological polar surface area (TPSA) is 71.3 Å². The van der Waals surface area contributed by atoms with Crippen LogP contribution in [-0.4, -0.2) is 49.5 Å². The molecule has 7 nitrogen and oxygen atoms in total. The summed E-state index contributed by atoms with van der Waals surface area (Å²) in [7, 11) is 0. The van der Waals surface area contributed by atoms with E-state index in [2.05, 4.69) is 22.2 Å². The van der Waals surface area contributed by atoms with Gasteiger partial charge in [0.05, 0.1) is 24.8 Å². The SMILES string of the molecule is O=C(c1ccccn1)N1CCn2nc(C(=O)N3CCCC3c3ccccc3)cc2C1. The first-order chi connectivity index (χ1) is 14.7. The van der Waals surface area contributed by atoms with Crippen molar-refractivity contribution in [3.63, 3.8) is 0 Å². The van der Waals surface area contributed by atoms with Crippen LogP contribution in [0.15, 0.2) is 60.8 Å². The molecule has 1 fully saturated rings. The van der Waals surface area contributed by atoms with E-state index in [1.807, 2.05) is 39.9 Å². The lowest BCUT2D eigenvalue weighted by atomic mass is 10.0. The van der Waals surface area contributed by atoms with Gasteiger partial charge in [-0.05, 0) is 36.6 Å². The number of hydrogen-bond acceptors (Lipinski definition) is 4. The van der Waals surface area contributed by atoms with Gasteiger partial charge in [0.1, 0.15) is 5.69 Å². The Hall–Kier alpha value is -3.48. The monoisotopic (exact) mass is 401 g/mol. The predicted molar refractivity (Wildman–Crippen MR) is 111 cm³/mol. The molecule has 2 amide bonds. The average molecular weight is 401 g/mol. The molecule has 0 saturated carbocycles. The summed E-state index contributed by atoms with van der Waals surface area (Å²) in [5.74, 6) is -0.134. The molecule has 2 aliphatic rings. The van der Waals surface area contributed by atoms with Crippen LogP contribution in [0.25, 0.3) is 0 Å². The summed E-state index contributed by atoms with van der Waals surface area (Å²) < 4.78 is 1.85. The van der Waals surface area contributed by atoms with Gasteiger partial charge in [0, 0.05) is 19.3 Å². The molecule has 0 N–H and O–H groups in total. The van der Waals surface area contributed by atoms with Gasteiger partial charge in [0.25, 0.3) is 11.8 Å². The molecular formula is C23H23N5O2. The number of nitrogens with zero attached hydrogens (tertiary/aromatic N) is 5. The molecule has 1 unspecified atom stereocenters. The largest absolute Gasteiger partial charge is 0.330 e. The summed E-state index contributed by atoms with van der Waals surface area (Å²) in [4.78, 5) is 33.8. The zero-order chi connectivity index (χ0) is 20.5. The van der Waals surface area contributed by atoms with Gasteiger partial charge in [-0.3, -0.25) is 19.3 Å². The van der Waals surface area contributed by atoms with E-state index >= 15 is 0 Å². The zero-order valence-corrected chi connectivity index (χ0v) is 16.6. The number of aromatic nitrogens is 3. The molecule has 1 atom stereocenters. The molecule has 3 aromatic rings. The second-order valence-corrected chi connectivity index (χ2v) is 7.75. The first-order valence-corrected chi connectivity index (χ1v) is 10.3. The van der Waals surface area contributed by atoms with Gasteiger partial charge < -0.3 is 9.80 Å². The molecule has 1 aromatic carbocycles. The van der Waals surface area contributed by atoms with E-state index in [0.717, 1.165) is 25.1 Å². The number of carbonyl (C=O) groups is 2. The minimum atomic E-state index is -0.0976. The summed E-state index contributed by atoms with van der Waals surface area (Å²) >= 11 is 0. The van der Waals surface area contributed by atoms with Crippen LogP contribution in [0.4, 0.5) is 0 Å². The van der Waals surface area contributed by atoms with Gasteiger partial charge in [-0.25, -0.2) is 0 Å². The molecule has 5 rings (SSSR count). The Morgan fingerprint density at radius 2 is 1.73 bits per heavy atom. The Morgan fingerprint density at radius 3 is 2.53 bits per heavy atom. The fourth-order valence-corrected chi connectivity index (χ4v) is 4.37. The first-order valence-electron chi connectivity index (χ1n) is 10.3. The average Bonchev–Trinajstić information content (AvgIpc) is 3.46. The molecule has 1 saturated heterocycles. The Morgan fingerprint density at radius 1 is 0.900 bits per heavy atom. The van der Waals surface area contributed by atoms with Gasteiger partial charge in [0.15, 0.2) is 5.69 Å². The number of fused-ring (bicyclic) bond motifs is 1. The van der Waals surface area contributed by atoms with Crippen molar-refractivity contribution in [2.75, 3.05) is 13.1 Å². The van der Waals surface area contributed by atoms with Crippen LogP contribution in [0, 0.1) is 0 Å². The fraction of sp³-hybridized carbons (Fsp3) is 0.304. The quantitative estimate of drug-likeness (QED) is 0.677. The van der Waals surface area contributed by atoms with Gasteiger partial charge in [-0.2, -0.15) is 5.10 Å². The number of hydrogen-bond donors (Lipinski definition) is 0. The van der Waals surface area contributed by atoms with Crippen molar-refractivity contribution in [2.45, 2.75) is 32.0 Å². The van der Waals surface area contributed by atoms with Crippen molar-refractivity contribution in [2.24, 2.45) is 0 Å². The van der Waals surface area contributed by atoms with E-state index in [-0.39, 0.29) is 17.9 Å². The molecular weight excluding hydrogens is 378 g/mol. The van der Waals surface area contributed by atoms with E-state index in [1.165, 1.54) is 5.56 Å². The molecule has 152 valence electrons. The number of rotatable bonds is 3. The van der Waals surface area contributed by atoms with Crippen LogP contribution < -0.4 is 0 Å². The number of amides is 2. The zero-order valence-electron chi connectivity index (χ0n) is 16.6. The van der Waals surface area contributed by atoms with E-state index in [4.69, 9.17) is 0 Å². The van der Waals surface area contributed by atoms with Crippen molar-refractivity contribution >= 4 is 11.8 Å². The van der Waals surface area contributed by atoms with Crippen molar-refractivity contribution in [1.82, 2.24) is 24.6 Å². The van der Waals surface area contributed by atoms with E-state index in [9.17, 15) is 9.59 Å². The Bertz CT molecular complexity index is 1060. The summed E-state index contributed by atoms with van der Waals surface area (Å²) in [5, 5.41) is 4.56. The maximum atomic E-state index is 13.2. The molecule has 2 aliphatic heterocycles. The fourth-order valence-electron chi connectivity index (χ4n) is 4.37. The summed E-state index contributed by atoms with van der Waals surface area (Å²) in [5.41, 5.74) is 2.94. The van der Waals surface area contributed by atoms with Gasteiger partial charge in [-0.1, -0.05) is 36.4 Å². The van der Waals surface area contributed by atoms with Crippen molar-refractivity contribution in [3.8, 4) is 0 Å². The number of likely N-dealkylation sites (tertiary alicyclic amines) is 1. The van der Waals surface area contributed by atoms with E-state index in [1.54, 1.807) is 23.2 Å². The highest BCUT2D eigenvalue weighted by atomic mass is 16.2. The van der Waals surface area contributed by atoms with Crippen LogP contribution in [0.1, 0.15) is 51.1 Å². The number of benzene rings is 1. The second-order valence-electron chi connectivity index (χ2n) is 7.75. The van der Waals surface area contributed by atoms with Crippen LogP contribution in [0.5, 0.6) is 0 Å². The van der Waals surface area contributed by atoms with Crippen molar-refractivity contribution in [1.29, 1.82) is 0 Å². The molecule has 0 aliphatic carbocycles. The van der Waals surface area contributed by atoms with Gasteiger partial charge in [-0.15, -0.1) is 0 Å². The number of pyridine rings is 1. The van der Waals surface area contributed by atoms with E-state index < -0.39 is 0 Å². The van der Waals surface area contributed by atoms with E-state index in [0.29, 0.717) is 31.0 Å². The molecule has 7 heteroatoms. The minimum absolute atomic E-state index is 0.0362. The van der Waals surface area contributed by atoms with Crippen LogP contribution in [0.3, 0.4) is 0 Å². The highest BCUT2D eigenvalue weighted by molar-refractivity contribution is 5.93. The Balaban J connectivity index is 1.34. The lowest BCUT2D eigenvalue weighted by Gasteiger charge is -2.27. The summed E-state index contributed by atoms with van der Waals surface area (Å²) in [6.45, 7) is 2.29. The highest BCUT2D eigenvalue weighted by Gasteiger charge is 2.33.